The van der Waals surface area contributed by atoms with Crippen LogP contribution in [0.4, 0.5) is 17.1 Å². The Morgan fingerprint density at radius 3 is 2.31 bits per heavy atom. The Kier molecular flexibility index (Phi) is 7.28. The van der Waals surface area contributed by atoms with E-state index < -0.39 is 22.5 Å². The van der Waals surface area contributed by atoms with Crippen molar-refractivity contribution in [2.45, 2.75) is 31.6 Å². The number of halogens is 1. The molecular formula is C26H26BrN3O4S. The predicted molar refractivity (Wildman–Crippen MR) is 141 cm³/mol. The van der Waals surface area contributed by atoms with E-state index in [4.69, 9.17) is 0 Å². The molecule has 9 heteroatoms. The van der Waals surface area contributed by atoms with Crippen LogP contribution < -0.4 is 14.5 Å². The summed E-state index contributed by atoms with van der Waals surface area (Å²) in [5.41, 5.74) is 3.53. The molecule has 3 aromatic carbocycles. The number of sulfonamides is 1. The maximum atomic E-state index is 13.5. The van der Waals surface area contributed by atoms with Crippen molar-refractivity contribution in [1.29, 1.82) is 0 Å². The van der Waals surface area contributed by atoms with Crippen molar-refractivity contribution in [2.24, 2.45) is 0 Å². The van der Waals surface area contributed by atoms with Gasteiger partial charge in [-0.1, -0.05) is 33.6 Å². The number of amides is 2. The largest absolute Gasteiger partial charge is 0.325 e. The number of hydrogen-bond acceptors (Lipinski definition) is 4. The van der Waals surface area contributed by atoms with E-state index in [1.165, 1.54) is 12.1 Å². The van der Waals surface area contributed by atoms with Crippen molar-refractivity contribution in [3.8, 4) is 0 Å². The maximum absolute atomic E-state index is 13.5. The number of rotatable bonds is 7. The maximum Gasteiger partial charge on any atom is 0.264 e. The van der Waals surface area contributed by atoms with E-state index in [0.29, 0.717) is 24.3 Å². The first-order valence-corrected chi connectivity index (χ1v) is 13.4. The molecule has 1 heterocycles. The van der Waals surface area contributed by atoms with Gasteiger partial charge in [-0.25, -0.2) is 8.42 Å². The van der Waals surface area contributed by atoms with Gasteiger partial charge >= 0.3 is 0 Å². The fraction of sp³-hybridized carbons (Fsp3) is 0.231. The summed E-state index contributed by atoms with van der Waals surface area (Å²) in [4.78, 5) is 27.0. The Morgan fingerprint density at radius 1 is 1.03 bits per heavy atom. The third-order valence-corrected chi connectivity index (χ3v) is 8.17. The lowest BCUT2D eigenvalue weighted by atomic mass is 10.1. The number of nitrogens with one attached hydrogen (secondary N) is 1. The van der Waals surface area contributed by atoms with Crippen LogP contribution in [-0.2, 0) is 19.6 Å². The van der Waals surface area contributed by atoms with E-state index in [1.54, 1.807) is 53.4 Å². The molecule has 0 spiro atoms. The van der Waals surface area contributed by atoms with Gasteiger partial charge in [0, 0.05) is 28.8 Å². The van der Waals surface area contributed by atoms with Crippen molar-refractivity contribution in [2.75, 3.05) is 27.6 Å². The molecule has 2 amide bonds. The number of nitrogens with zero attached hydrogens (tertiary/aromatic N) is 2. The van der Waals surface area contributed by atoms with Crippen LogP contribution in [0.3, 0.4) is 0 Å². The van der Waals surface area contributed by atoms with E-state index in [1.807, 2.05) is 19.9 Å². The highest BCUT2D eigenvalue weighted by Gasteiger charge is 2.28. The first kappa shape index (κ1) is 24.9. The SMILES string of the molecule is Cc1ccc(S(=O)(=O)N(CC(=O)Nc2ccc(N3CCCC3=O)c(C)c2)c2ccc(Br)cc2)cc1. The highest BCUT2D eigenvalue weighted by molar-refractivity contribution is 9.10. The van der Waals surface area contributed by atoms with E-state index >= 15 is 0 Å². The van der Waals surface area contributed by atoms with Gasteiger partial charge in [0.15, 0.2) is 0 Å². The Hall–Kier alpha value is -3.17. The van der Waals surface area contributed by atoms with Crippen LogP contribution in [0.25, 0.3) is 0 Å². The fourth-order valence-electron chi connectivity index (χ4n) is 4.03. The monoisotopic (exact) mass is 555 g/mol. The normalized spacial score (nSPS) is 13.7. The number of anilines is 3. The summed E-state index contributed by atoms with van der Waals surface area (Å²) < 4.78 is 28.9. The zero-order valence-electron chi connectivity index (χ0n) is 19.5. The molecule has 0 unspecified atom stereocenters. The molecule has 0 aliphatic carbocycles. The lowest BCUT2D eigenvalue weighted by Gasteiger charge is -2.24. The van der Waals surface area contributed by atoms with Crippen molar-refractivity contribution >= 4 is 54.8 Å². The molecule has 4 rings (SSSR count). The second-order valence-corrected chi connectivity index (χ2v) is 11.3. The summed E-state index contributed by atoms with van der Waals surface area (Å²) in [7, 11) is -3.99. The van der Waals surface area contributed by atoms with Gasteiger partial charge in [-0.15, -0.1) is 0 Å². The topological polar surface area (TPSA) is 86.8 Å². The van der Waals surface area contributed by atoms with Crippen molar-refractivity contribution < 1.29 is 18.0 Å². The van der Waals surface area contributed by atoms with Gasteiger partial charge in [-0.05, 0) is 80.4 Å². The van der Waals surface area contributed by atoms with Gasteiger partial charge < -0.3 is 10.2 Å². The first-order valence-electron chi connectivity index (χ1n) is 11.2. The van der Waals surface area contributed by atoms with Crippen LogP contribution in [0.1, 0.15) is 24.0 Å². The molecule has 1 fully saturated rings. The van der Waals surface area contributed by atoms with Crippen LogP contribution in [0.5, 0.6) is 0 Å². The molecule has 7 nitrogen and oxygen atoms in total. The molecule has 0 radical (unpaired) electrons. The molecular weight excluding hydrogens is 530 g/mol. The zero-order chi connectivity index (χ0) is 25.2. The average Bonchev–Trinajstić information content (AvgIpc) is 3.24. The Bertz CT molecular complexity index is 1360. The van der Waals surface area contributed by atoms with Crippen LogP contribution in [-0.4, -0.2) is 33.3 Å². The summed E-state index contributed by atoms with van der Waals surface area (Å²) >= 11 is 3.36. The van der Waals surface area contributed by atoms with E-state index in [9.17, 15) is 18.0 Å². The summed E-state index contributed by atoms with van der Waals surface area (Å²) in [5, 5.41) is 2.80. The van der Waals surface area contributed by atoms with Gasteiger partial charge in [0.25, 0.3) is 10.0 Å². The second-order valence-electron chi connectivity index (χ2n) is 8.50. The smallest absolute Gasteiger partial charge is 0.264 e. The summed E-state index contributed by atoms with van der Waals surface area (Å²) in [6, 6.07) is 18.6. The zero-order valence-corrected chi connectivity index (χ0v) is 21.9. The van der Waals surface area contributed by atoms with Crippen LogP contribution in [0, 0.1) is 13.8 Å². The molecule has 3 aromatic rings. The van der Waals surface area contributed by atoms with Crippen LogP contribution in [0.15, 0.2) is 76.1 Å². The fourth-order valence-corrected chi connectivity index (χ4v) is 5.72. The molecule has 0 atom stereocenters. The van der Waals surface area contributed by atoms with Crippen LogP contribution >= 0.6 is 15.9 Å². The Morgan fingerprint density at radius 2 is 1.71 bits per heavy atom. The lowest BCUT2D eigenvalue weighted by molar-refractivity contribution is -0.117. The van der Waals surface area contributed by atoms with Gasteiger partial charge in [0.2, 0.25) is 11.8 Å². The van der Waals surface area contributed by atoms with Gasteiger partial charge in [-0.3, -0.25) is 13.9 Å². The molecule has 0 bridgehead atoms. The molecule has 182 valence electrons. The van der Waals surface area contributed by atoms with Gasteiger partial charge in [0.1, 0.15) is 6.54 Å². The summed E-state index contributed by atoms with van der Waals surface area (Å²) in [6.45, 7) is 4.05. The Labute approximate surface area is 213 Å². The first-order chi connectivity index (χ1) is 16.6. The molecule has 35 heavy (non-hydrogen) atoms. The van der Waals surface area contributed by atoms with E-state index in [0.717, 1.165) is 32.0 Å². The molecule has 1 aliphatic heterocycles. The molecule has 0 saturated carbocycles. The molecule has 0 aromatic heterocycles. The van der Waals surface area contributed by atoms with Crippen LogP contribution in [0.2, 0.25) is 0 Å². The van der Waals surface area contributed by atoms with Crippen molar-refractivity contribution in [1.82, 2.24) is 0 Å². The minimum Gasteiger partial charge on any atom is -0.325 e. The van der Waals surface area contributed by atoms with Crippen molar-refractivity contribution in [3.05, 3.63) is 82.3 Å². The van der Waals surface area contributed by atoms with E-state index in [2.05, 4.69) is 21.2 Å². The average molecular weight is 556 g/mol. The highest BCUT2D eigenvalue weighted by atomic mass is 79.9. The minimum atomic E-state index is -3.99. The van der Waals surface area contributed by atoms with Gasteiger partial charge in [0.05, 0.1) is 10.6 Å². The van der Waals surface area contributed by atoms with Gasteiger partial charge in [-0.2, -0.15) is 0 Å². The third kappa shape index (κ3) is 5.57. The predicted octanol–water partition coefficient (Wildman–Crippen LogP) is 5.03. The molecule has 1 aliphatic rings. The Balaban J connectivity index is 1.58. The number of hydrogen-bond donors (Lipinski definition) is 1. The highest BCUT2D eigenvalue weighted by Crippen LogP contribution is 2.28. The van der Waals surface area contributed by atoms with E-state index in [-0.39, 0.29) is 10.8 Å². The standard InChI is InChI=1S/C26H26BrN3O4S/c1-18-5-12-23(13-6-18)35(33,34)30(22-10-7-20(27)8-11-22)17-25(31)28-21-9-14-24(19(2)16-21)29-15-3-4-26(29)32/h5-14,16H,3-4,15,17H2,1-2H3,(H,28,31). The quantitative estimate of drug-likeness (QED) is 0.443. The number of carbonyl (C=O) groups excluding carboxylic acids is 2. The number of aryl methyl sites for hydroxylation is 2. The summed E-state index contributed by atoms with van der Waals surface area (Å²) in [6.07, 6.45) is 1.37. The molecule has 1 N–H and O–H groups in total. The second kappa shape index (κ2) is 10.2. The van der Waals surface area contributed by atoms with Crippen molar-refractivity contribution in [3.63, 3.8) is 0 Å². The molecule has 1 saturated heterocycles. The summed E-state index contributed by atoms with van der Waals surface area (Å²) in [5.74, 6) is -0.385. The lowest BCUT2D eigenvalue weighted by Crippen LogP contribution is -2.38. The minimum absolute atomic E-state index is 0.0938. The number of carbonyl (C=O) groups is 2. The number of benzene rings is 3. The third-order valence-electron chi connectivity index (χ3n) is 5.86.